The highest BCUT2D eigenvalue weighted by atomic mass is 31.2. The quantitative estimate of drug-likeness (QED) is 0.0281. The molecule has 50 heavy (non-hydrogen) atoms. The van der Waals surface area contributed by atoms with Crippen LogP contribution in [0.25, 0.3) is 0 Å². The van der Waals surface area contributed by atoms with Gasteiger partial charge in [0.15, 0.2) is 0 Å². The van der Waals surface area contributed by atoms with Gasteiger partial charge in [-0.25, -0.2) is 4.57 Å². The van der Waals surface area contributed by atoms with E-state index < -0.39 is 13.9 Å². The van der Waals surface area contributed by atoms with Crippen molar-refractivity contribution in [3.63, 3.8) is 0 Å². The second kappa shape index (κ2) is 38.4. The van der Waals surface area contributed by atoms with Crippen molar-refractivity contribution in [2.75, 3.05) is 33.0 Å². The zero-order valence-electron chi connectivity index (χ0n) is 31.9. The number of hydrogen-bond acceptors (Lipinski definition) is 7. The second-order valence-electron chi connectivity index (χ2n) is 12.8. The third-order valence-electron chi connectivity index (χ3n) is 7.92. The monoisotopic (exact) mass is 724 g/mol. The van der Waals surface area contributed by atoms with Crippen LogP contribution >= 0.6 is 7.82 Å². The lowest BCUT2D eigenvalue weighted by atomic mass is 10.1. The van der Waals surface area contributed by atoms with Crippen LogP contribution in [0.1, 0.15) is 155 Å². The number of esters is 1. The lowest BCUT2D eigenvalue weighted by molar-refractivity contribution is -0.154. The van der Waals surface area contributed by atoms with Gasteiger partial charge in [0.25, 0.3) is 0 Å². The fourth-order valence-electron chi connectivity index (χ4n) is 5.04. The van der Waals surface area contributed by atoms with Crippen LogP contribution in [0.4, 0.5) is 0 Å². The number of phosphoric ester groups is 1. The molecule has 0 rings (SSSR count). The SMILES string of the molecule is CC/C=C\C/C=C\C/C=C\C/C=C\CCCCCOCC(COP(=O)(O)OCCN)OC(=O)CCCCCCC/C=C\CCCCCCCC. The minimum absolute atomic E-state index is 0.0892. The van der Waals surface area contributed by atoms with E-state index in [2.05, 4.69) is 74.6 Å². The molecule has 2 unspecified atom stereocenters. The van der Waals surface area contributed by atoms with Crippen molar-refractivity contribution in [3.8, 4) is 0 Å². The van der Waals surface area contributed by atoms with Gasteiger partial charge in [0.2, 0.25) is 0 Å². The Bertz CT molecular complexity index is 947. The maximum atomic E-state index is 12.5. The fraction of sp³-hybridized carbons (Fsp3) is 0.732. The number of unbranched alkanes of at least 4 members (excludes halogenated alkanes) is 14. The van der Waals surface area contributed by atoms with Crippen molar-refractivity contribution in [2.45, 2.75) is 161 Å². The summed E-state index contributed by atoms with van der Waals surface area (Å²) in [4.78, 5) is 22.4. The molecule has 290 valence electrons. The van der Waals surface area contributed by atoms with Gasteiger partial charge < -0.3 is 20.1 Å². The van der Waals surface area contributed by atoms with Gasteiger partial charge in [0.1, 0.15) is 6.10 Å². The summed E-state index contributed by atoms with van der Waals surface area (Å²) in [7, 11) is -4.29. The topological polar surface area (TPSA) is 117 Å². The summed E-state index contributed by atoms with van der Waals surface area (Å²) in [5, 5.41) is 0. The second-order valence-corrected chi connectivity index (χ2v) is 14.2. The molecule has 0 aromatic carbocycles. The normalized spacial score (nSPS) is 14.2. The first-order chi connectivity index (χ1) is 24.4. The van der Waals surface area contributed by atoms with Crippen LogP contribution in [0.2, 0.25) is 0 Å². The Kier molecular flexibility index (Phi) is 37.0. The van der Waals surface area contributed by atoms with Crippen molar-refractivity contribution >= 4 is 13.8 Å². The van der Waals surface area contributed by atoms with Gasteiger partial charge in [0.05, 0.1) is 19.8 Å². The molecule has 0 aromatic rings. The average molecular weight is 724 g/mol. The minimum atomic E-state index is -4.29. The molecule has 0 fully saturated rings. The Labute approximate surface area is 306 Å². The van der Waals surface area contributed by atoms with Crippen LogP contribution in [0.15, 0.2) is 60.8 Å². The van der Waals surface area contributed by atoms with E-state index in [4.69, 9.17) is 24.3 Å². The molecule has 0 aliphatic carbocycles. The number of rotatable bonds is 37. The molecule has 0 heterocycles. The molecule has 0 aromatic heterocycles. The smallest absolute Gasteiger partial charge is 0.457 e. The predicted octanol–water partition coefficient (Wildman–Crippen LogP) is 11.4. The van der Waals surface area contributed by atoms with E-state index in [-0.39, 0.29) is 32.3 Å². The van der Waals surface area contributed by atoms with Crippen molar-refractivity contribution in [3.05, 3.63) is 60.8 Å². The molecule has 0 aliphatic rings. The third kappa shape index (κ3) is 37.5. The van der Waals surface area contributed by atoms with Crippen LogP contribution in [0.5, 0.6) is 0 Å². The molecule has 0 spiro atoms. The number of carbonyl (C=O) groups excluding carboxylic acids is 1. The predicted molar refractivity (Wildman–Crippen MR) is 210 cm³/mol. The standard InChI is InChI=1S/C41H74NO7P/c1-3-5-7-9-11-13-15-17-19-21-23-25-27-29-31-33-36-46-38-40(39-48-50(44,45)47-37-35-42)49-41(43)34-32-30-28-26-24-22-20-18-16-14-12-10-8-6-4-2/h5,7,11,13,17-20,23,25,40H,3-4,6,8-10,12,14-16,21-22,24,26-39,42H2,1-2H3,(H,44,45)/b7-5-,13-11-,19-17-,20-18-,25-23-. The van der Waals surface area contributed by atoms with Crippen molar-refractivity contribution in [1.82, 2.24) is 0 Å². The molecule has 0 radical (unpaired) electrons. The zero-order valence-corrected chi connectivity index (χ0v) is 32.8. The van der Waals surface area contributed by atoms with Gasteiger partial charge >= 0.3 is 13.8 Å². The molecule has 0 amide bonds. The summed E-state index contributed by atoms with van der Waals surface area (Å²) in [6, 6.07) is 0. The van der Waals surface area contributed by atoms with Crippen LogP contribution in [-0.2, 0) is 27.9 Å². The number of ether oxygens (including phenoxy) is 2. The number of phosphoric acid groups is 1. The first-order valence-corrected chi connectivity index (χ1v) is 21.3. The van der Waals surface area contributed by atoms with Crippen LogP contribution in [0, 0.1) is 0 Å². The maximum absolute atomic E-state index is 12.5. The summed E-state index contributed by atoms with van der Waals surface area (Å²) in [6.07, 6.45) is 45.2. The van der Waals surface area contributed by atoms with Gasteiger partial charge in [-0.1, -0.05) is 132 Å². The Morgan fingerprint density at radius 1 is 0.620 bits per heavy atom. The summed E-state index contributed by atoms with van der Waals surface area (Å²) in [5.74, 6) is -0.353. The van der Waals surface area contributed by atoms with Gasteiger partial charge in [-0.15, -0.1) is 0 Å². The minimum Gasteiger partial charge on any atom is -0.457 e. The van der Waals surface area contributed by atoms with Crippen LogP contribution in [-0.4, -0.2) is 49.9 Å². The summed E-state index contributed by atoms with van der Waals surface area (Å²) in [5.41, 5.74) is 5.35. The highest BCUT2D eigenvalue weighted by molar-refractivity contribution is 7.47. The van der Waals surface area contributed by atoms with Crippen molar-refractivity contribution < 1.29 is 32.8 Å². The van der Waals surface area contributed by atoms with E-state index in [9.17, 15) is 14.3 Å². The lowest BCUT2D eigenvalue weighted by Gasteiger charge is -2.20. The molecular weight excluding hydrogens is 649 g/mol. The Hall–Kier alpha value is -1.80. The number of carbonyl (C=O) groups is 1. The highest BCUT2D eigenvalue weighted by Crippen LogP contribution is 2.43. The van der Waals surface area contributed by atoms with E-state index >= 15 is 0 Å². The zero-order chi connectivity index (χ0) is 36.6. The number of hydrogen-bond donors (Lipinski definition) is 2. The van der Waals surface area contributed by atoms with Gasteiger partial charge in [0, 0.05) is 19.6 Å². The first kappa shape index (κ1) is 48.2. The number of nitrogens with two attached hydrogens (primary N) is 1. The number of allylic oxidation sites excluding steroid dienone is 10. The summed E-state index contributed by atoms with van der Waals surface area (Å²) in [6.45, 7) is 4.69. The molecule has 0 aliphatic heterocycles. The lowest BCUT2D eigenvalue weighted by Crippen LogP contribution is -2.28. The van der Waals surface area contributed by atoms with E-state index in [0.717, 1.165) is 83.5 Å². The molecule has 0 saturated carbocycles. The average Bonchev–Trinajstić information content (AvgIpc) is 3.10. The van der Waals surface area contributed by atoms with E-state index in [1.165, 1.54) is 51.4 Å². The fourth-order valence-corrected chi connectivity index (χ4v) is 5.80. The van der Waals surface area contributed by atoms with Crippen LogP contribution in [0.3, 0.4) is 0 Å². The molecule has 2 atom stereocenters. The molecule has 8 nitrogen and oxygen atoms in total. The van der Waals surface area contributed by atoms with Gasteiger partial charge in [-0.2, -0.15) is 0 Å². The van der Waals surface area contributed by atoms with E-state index in [0.29, 0.717) is 13.0 Å². The Balaban J connectivity index is 4.17. The summed E-state index contributed by atoms with van der Waals surface area (Å²) >= 11 is 0. The molecule has 9 heteroatoms. The Morgan fingerprint density at radius 2 is 1.12 bits per heavy atom. The molecule has 0 bridgehead atoms. The largest absolute Gasteiger partial charge is 0.472 e. The van der Waals surface area contributed by atoms with Gasteiger partial charge in [-0.05, 0) is 77.0 Å². The Morgan fingerprint density at radius 3 is 1.70 bits per heavy atom. The van der Waals surface area contributed by atoms with Crippen molar-refractivity contribution in [2.24, 2.45) is 5.73 Å². The van der Waals surface area contributed by atoms with Crippen LogP contribution < -0.4 is 5.73 Å². The first-order valence-electron chi connectivity index (χ1n) is 19.8. The van der Waals surface area contributed by atoms with E-state index in [1.807, 2.05) is 0 Å². The van der Waals surface area contributed by atoms with Gasteiger partial charge in [-0.3, -0.25) is 13.8 Å². The summed E-state index contributed by atoms with van der Waals surface area (Å²) < 4.78 is 33.3. The van der Waals surface area contributed by atoms with Crippen molar-refractivity contribution in [1.29, 1.82) is 0 Å². The highest BCUT2D eigenvalue weighted by Gasteiger charge is 2.25. The molecule has 3 N–H and O–H groups in total. The molecular formula is C41H74NO7P. The van der Waals surface area contributed by atoms with E-state index in [1.54, 1.807) is 0 Å². The molecule has 0 saturated heterocycles. The third-order valence-corrected chi connectivity index (χ3v) is 8.90. The maximum Gasteiger partial charge on any atom is 0.472 e.